The third-order valence-electron chi connectivity index (χ3n) is 4.94. The Labute approximate surface area is 154 Å². The van der Waals surface area contributed by atoms with Crippen molar-refractivity contribution in [1.82, 2.24) is 19.7 Å². The van der Waals surface area contributed by atoms with E-state index in [0.717, 1.165) is 11.4 Å². The first-order valence-electron chi connectivity index (χ1n) is 8.86. The van der Waals surface area contributed by atoms with Gasteiger partial charge < -0.3 is 5.32 Å². The highest BCUT2D eigenvalue weighted by atomic mass is 19.1. The molecule has 7 nitrogen and oxygen atoms in total. The summed E-state index contributed by atoms with van der Waals surface area (Å²) in [6.07, 6.45) is 5.45. The highest BCUT2D eigenvalue weighted by Gasteiger charge is 2.32. The van der Waals surface area contributed by atoms with Gasteiger partial charge in [-0.1, -0.05) is 6.07 Å². The molecule has 27 heavy (non-hydrogen) atoms. The van der Waals surface area contributed by atoms with E-state index >= 15 is 0 Å². The van der Waals surface area contributed by atoms with E-state index in [4.69, 9.17) is 0 Å². The number of alkyl halides is 1. The topological polar surface area (TPSA) is 75.9 Å². The Bertz CT molecular complexity index is 981. The minimum absolute atomic E-state index is 0.105. The van der Waals surface area contributed by atoms with Crippen molar-refractivity contribution in [1.29, 1.82) is 0 Å². The van der Waals surface area contributed by atoms with Gasteiger partial charge in [0.05, 0.1) is 29.7 Å². The highest BCUT2D eigenvalue weighted by Crippen LogP contribution is 2.28. The summed E-state index contributed by atoms with van der Waals surface area (Å²) < 4.78 is 14.6. The molecule has 0 spiro atoms. The fourth-order valence-electron chi connectivity index (χ4n) is 3.39. The van der Waals surface area contributed by atoms with Gasteiger partial charge in [-0.2, -0.15) is 5.10 Å². The molecular formula is C19H17FN6O. The van der Waals surface area contributed by atoms with E-state index in [1.807, 2.05) is 24.3 Å². The molecule has 1 saturated carbocycles. The molecule has 8 heteroatoms. The fraction of sp³-hybridized carbons (Fsp3) is 0.263. The SMILES string of the molecule is O=C1c2cn(-c3ccc(NC4CC(F)C4)nc3)nc2CN1c1ccccn1. The maximum absolute atomic E-state index is 12.9. The van der Waals surface area contributed by atoms with Crippen molar-refractivity contribution in [2.24, 2.45) is 0 Å². The lowest BCUT2D eigenvalue weighted by atomic mass is 9.91. The van der Waals surface area contributed by atoms with Gasteiger partial charge in [-0.3, -0.25) is 9.69 Å². The molecule has 0 atom stereocenters. The zero-order chi connectivity index (χ0) is 18.4. The number of nitrogens with one attached hydrogen (secondary N) is 1. The first-order valence-corrected chi connectivity index (χ1v) is 8.86. The largest absolute Gasteiger partial charge is 0.367 e. The van der Waals surface area contributed by atoms with Crippen molar-refractivity contribution in [3.63, 3.8) is 0 Å². The Hall–Kier alpha value is -3.29. The number of carbonyl (C=O) groups excluding carboxylic acids is 1. The molecule has 2 aliphatic rings. The summed E-state index contributed by atoms with van der Waals surface area (Å²) in [6.45, 7) is 0.400. The first kappa shape index (κ1) is 15.9. The van der Waals surface area contributed by atoms with E-state index in [9.17, 15) is 9.18 Å². The lowest BCUT2D eigenvalue weighted by Gasteiger charge is -2.30. The molecule has 1 amide bonds. The second-order valence-electron chi connectivity index (χ2n) is 6.82. The van der Waals surface area contributed by atoms with Crippen molar-refractivity contribution < 1.29 is 9.18 Å². The van der Waals surface area contributed by atoms with Crippen molar-refractivity contribution in [3.05, 3.63) is 60.2 Å². The average Bonchev–Trinajstić information content (AvgIpc) is 3.21. The van der Waals surface area contributed by atoms with E-state index < -0.39 is 6.17 Å². The number of rotatable bonds is 4. The number of nitrogens with zero attached hydrogens (tertiary/aromatic N) is 5. The Morgan fingerprint density at radius 1 is 1.15 bits per heavy atom. The molecule has 3 aromatic rings. The molecule has 4 heterocycles. The maximum atomic E-state index is 12.9. The van der Waals surface area contributed by atoms with Crippen molar-refractivity contribution >= 4 is 17.5 Å². The van der Waals surface area contributed by atoms with Crippen LogP contribution >= 0.6 is 0 Å². The van der Waals surface area contributed by atoms with Crippen LogP contribution in [0.5, 0.6) is 0 Å². The minimum atomic E-state index is -0.698. The molecule has 1 aliphatic heterocycles. The van der Waals surface area contributed by atoms with Gasteiger partial charge in [0, 0.05) is 18.4 Å². The average molecular weight is 364 g/mol. The normalized spacial score (nSPS) is 21.1. The zero-order valence-electron chi connectivity index (χ0n) is 14.4. The van der Waals surface area contributed by atoms with Crippen LogP contribution in [-0.2, 0) is 6.54 Å². The summed E-state index contributed by atoms with van der Waals surface area (Å²) in [5, 5.41) is 7.74. The summed E-state index contributed by atoms with van der Waals surface area (Å²) in [4.78, 5) is 22.9. The van der Waals surface area contributed by atoms with E-state index in [1.54, 1.807) is 34.2 Å². The highest BCUT2D eigenvalue weighted by molar-refractivity contribution is 6.09. The molecule has 1 fully saturated rings. The van der Waals surface area contributed by atoms with E-state index in [-0.39, 0.29) is 11.9 Å². The molecule has 1 N–H and O–H groups in total. The molecule has 0 unspecified atom stereocenters. The van der Waals surface area contributed by atoms with Gasteiger partial charge in [0.1, 0.15) is 17.8 Å². The molecule has 1 aliphatic carbocycles. The monoisotopic (exact) mass is 364 g/mol. The molecule has 136 valence electrons. The molecular weight excluding hydrogens is 347 g/mol. The van der Waals surface area contributed by atoms with Gasteiger partial charge in [-0.05, 0) is 37.1 Å². The number of halogens is 1. The third kappa shape index (κ3) is 2.83. The quantitative estimate of drug-likeness (QED) is 0.770. The fourth-order valence-corrected chi connectivity index (χ4v) is 3.39. The number of hydrogen-bond acceptors (Lipinski definition) is 5. The zero-order valence-corrected chi connectivity index (χ0v) is 14.4. The van der Waals surface area contributed by atoms with E-state index in [2.05, 4.69) is 20.4 Å². The second kappa shape index (κ2) is 6.15. The van der Waals surface area contributed by atoms with Crippen molar-refractivity contribution in [3.8, 4) is 5.69 Å². The number of hydrogen-bond donors (Lipinski definition) is 1. The van der Waals surface area contributed by atoms with Gasteiger partial charge in [0.25, 0.3) is 5.91 Å². The van der Waals surface area contributed by atoms with E-state index in [1.165, 1.54) is 0 Å². The van der Waals surface area contributed by atoms with Gasteiger partial charge in [0.2, 0.25) is 0 Å². The number of anilines is 2. The predicted octanol–water partition coefficient (Wildman–Crippen LogP) is 2.74. The summed E-state index contributed by atoms with van der Waals surface area (Å²) >= 11 is 0. The number of aromatic nitrogens is 4. The van der Waals surface area contributed by atoms with Gasteiger partial charge in [-0.15, -0.1) is 0 Å². The van der Waals surface area contributed by atoms with Crippen LogP contribution in [0.25, 0.3) is 5.69 Å². The Morgan fingerprint density at radius 3 is 2.70 bits per heavy atom. The molecule has 0 bridgehead atoms. The van der Waals surface area contributed by atoms with Crippen molar-refractivity contribution in [2.45, 2.75) is 31.6 Å². The maximum Gasteiger partial charge on any atom is 0.263 e. The molecule has 0 radical (unpaired) electrons. The Balaban J connectivity index is 1.32. The number of pyridine rings is 2. The third-order valence-corrected chi connectivity index (χ3v) is 4.94. The second-order valence-corrected chi connectivity index (χ2v) is 6.82. The van der Waals surface area contributed by atoms with Crippen LogP contribution in [0.3, 0.4) is 0 Å². The molecule has 5 rings (SSSR count). The van der Waals surface area contributed by atoms with E-state index in [0.29, 0.717) is 36.6 Å². The van der Waals surface area contributed by atoms with Crippen LogP contribution in [0.4, 0.5) is 16.0 Å². The molecule has 0 saturated heterocycles. The Morgan fingerprint density at radius 2 is 2.04 bits per heavy atom. The number of fused-ring (bicyclic) bond motifs is 1. The summed E-state index contributed by atoms with van der Waals surface area (Å²) in [6, 6.07) is 9.35. The van der Waals surface area contributed by atoms with Gasteiger partial charge in [0.15, 0.2) is 0 Å². The van der Waals surface area contributed by atoms with Gasteiger partial charge in [-0.25, -0.2) is 19.0 Å². The smallest absolute Gasteiger partial charge is 0.263 e. The molecule has 3 aromatic heterocycles. The van der Waals surface area contributed by atoms with Gasteiger partial charge >= 0.3 is 0 Å². The van der Waals surface area contributed by atoms with Crippen LogP contribution in [0, 0.1) is 0 Å². The minimum Gasteiger partial charge on any atom is -0.367 e. The van der Waals surface area contributed by atoms with Crippen LogP contribution in [-0.4, -0.2) is 37.9 Å². The van der Waals surface area contributed by atoms with Crippen LogP contribution in [0.2, 0.25) is 0 Å². The number of amides is 1. The lowest BCUT2D eigenvalue weighted by Crippen LogP contribution is -2.36. The predicted molar refractivity (Wildman–Crippen MR) is 97.7 cm³/mol. The summed E-state index contributed by atoms with van der Waals surface area (Å²) in [5.41, 5.74) is 2.06. The standard InChI is InChI=1S/C19H17FN6O/c20-12-7-13(8-12)23-17-5-4-14(9-22-17)26-10-15-16(24-26)11-25(19(15)27)18-3-1-2-6-21-18/h1-6,9-10,12-13H,7-8,11H2,(H,22,23). The van der Waals surface area contributed by atoms with Crippen LogP contribution < -0.4 is 10.2 Å². The molecule has 0 aromatic carbocycles. The lowest BCUT2D eigenvalue weighted by molar-refractivity contribution is 0.0995. The summed E-state index contributed by atoms with van der Waals surface area (Å²) in [5.74, 6) is 1.23. The van der Waals surface area contributed by atoms with Crippen LogP contribution in [0.15, 0.2) is 48.9 Å². The first-order chi connectivity index (χ1) is 13.2. The Kier molecular flexibility index (Phi) is 3.63. The van der Waals surface area contributed by atoms with Crippen molar-refractivity contribution in [2.75, 3.05) is 10.2 Å². The van der Waals surface area contributed by atoms with Crippen LogP contribution in [0.1, 0.15) is 28.9 Å². The number of carbonyl (C=O) groups is 1. The summed E-state index contributed by atoms with van der Waals surface area (Å²) in [7, 11) is 0.